The third-order valence-corrected chi connectivity index (χ3v) is 3.14. The van der Waals surface area contributed by atoms with Gasteiger partial charge in [0.1, 0.15) is 18.0 Å². The summed E-state index contributed by atoms with van der Waals surface area (Å²) < 4.78 is 15.0. The van der Waals surface area contributed by atoms with Crippen molar-refractivity contribution >= 4 is 5.84 Å². The second-order valence-corrected chi connectivity index (χ2v) is 4.36. The molecule has 1 aliphatic rings. The van der Waals surface area contributed by atoms with E-state index in [4.69, 9.17) is 5.41 Å². The zero-order valence-corrected chi connectivity index (χ0v) is 9.89. The molecule has 0 radical (unpaired) electrons. The Hall–Kier alpha value is -2.24. The largest absolute Gasteiger partial charge is 0.345 e. The van der Waals surface area contributed by atoms with Crippen molar-refractivity contribution in [3.63, 3.8) is 0 Å². The average Bonchev–Trinajstić information content (AvgIpc) is 2.87. The van der Waals surface area contributed by atoms with Gasteiger partial charge in [0.2, 0.25) is 0 Å². The van der Waals surface area contributed by atoms with Crippen molar-refractivity contribution in [3.8, 4) is 0 Å². The third-order valence-electron chi connectivity index (χ3n) is 3.14. The molecule has 1 aromatic carbocycles. The van der Waals surface area contributed by atoms with Crippen LogP contribution in [0.15, 0.2) is 24.5 Å². The molecule has 18 heavy (non-hydrogen) atoms. The molecule has 1 aliphatic heterocycles. The second-order valence-electron chi connectivity index (χ2n) is 4.36. The molecule has 3 rings (SSSR count). The van der Waals surface area contributed by atoms with Crippen molar-refractivity contribution in [1.29, 1.82) is 5.41 Å². The molecule has 0 unspecified atom stereocenters. The van der Waals surface area contributed by atoms with E-state index in [2.05, 4.69) is 10.2 Å². The number of aryl methyl sites for hydroxylation is 1. The maximum atomic E-state index is 13.2. The van der Waals surface area contributed by atoms with E-state index in [1.807, 2.05) is 16.5 Å². The quantitative estimate of drug-likeness (QED) is 0.867. The molecule has 92 valence electrons. The number of hydrogen-bond donors (Lipinski definition) is 1. The summed E-state index contributed by atoms with van der Waals surface area (Å²) in [5.74, 6) is 0.819. The van der Waals surface area contributed by atoms with Crippen LogP contribution in [0.25, 0.3) is 0 Å². The van der Waals surface area contributed by atoms with Gasteiger partial charge in [-0.25, -0.2) is 4.39 Å². The van der Waals surface area contributed by atoms with Gasteiger partial charge in [-0.2, -0.15) is 0 Å². The lowest BCUT2D eigenvalue weighted by atomic mass is 10.1. The highest BCUT2D eigenvalue weighted by atomic mass is 19.1. The minimum atomic E-state index is -0.306. The smallest absolute Gasteiger partial charge is 0.152 e. The normalized spacial score (nSPS) is 14.1. The van der Waals surface area contributed by atoms with Gasteiger partial charge in [0.05, 0.1) is 6.54 Å². The van der Waals surface area contributed by atoms with Gasteiger partial charge in [0, 0.05) is 19.2 Å². The van der Waals surface area contributed by atoms with Gasteiger partial charge in [-0.1, -0.05) is 6.07 Å². The highest BCUT2D eigenvalue weighted by Gasteiger charge is 2.25. The Morgan fingerprint density at radius 1 is 1.44 bits per heavy atom. The Morgan fingerprint density at radius 2 is 2.28 bits per heavy atom. The van der Waals surface area contributed by atoms with Crippen LogP contribution >= 0.6 is 0 Å². The van der Waals surface area contributed by atoms with E-state index >= 15 is 0 Å². The summed E-state index contributed by atoms with van der Waals surface area (Å²) in [7, 11) is 1.86. The van der Waals surface area contributed by atoms with Gasteiger partial charge in [-0.15, -0.1) is 10.2 Å². The zero-order valence-electron chi connectivity index (χ0n) is 9.89. The number of amidine groups is 1. The third kappa shape index (κ3) is 1.66. The molecule has 2 heterocycles. The van der Waals surface area contributed by atoms with Crippen LogP contribution in [-0.4, -0.2) is 25.5 Å². The van der Waals surface area contributed by atoms with Gasteiger partial charge < -0.3 is 9.47 Å². The minimum absolute atomic E-state index is 0.306. The molecular formula is C12H12FN5. The predicted octanol–water partition coefficient (Wildman–Crippen LogP) is 1.30. The van der Waals surface area contributed by atoms with Crippen LogP contribution < -0.4 is 0 Å². The van der Waals surface area contributed by atoms with Crippen molar-refractivity contribution < 1.29 is 4.39 Å². The summed E-state index contributed by atoms with van der Waals surface area (Å²) in [5.41, 5.74) is 1.64. The van der Waals surface area contributed by atoms with Crippen molar-refractivity contribution in [2.24, 2.45) is 7.05 Å². The van der Waals surface area contributed by atoms with Crippen LogP contribution in [0, 0.1) is 11.2 Å². The van der Waals surface area contributed by atoms with Crippen molar-refractivity contribution in [2.45, 2.75) is 13.1 Å². The standard InChI is InChI=1S/C12H12FN5/c1-17-7-15-16-11(17)6-18-5-8-2-3-9(13)4-10(8)12(18)14/h2-4,7,14H,5-6H2,1H3. The van der Waals surface area contributed by atoms with Gasteiger partial charge >= 0.3 is 0 Å². The molecule has 2 aromatic rings. The van der Waals surface area contributed by atoms with Crippen LogP contribution in [0.1, 0.15) is 17.0 Å². The lowest BCUT2D eigenvalue weighted by molar-refractivity contribution is 0.403. The maximum Gasteiger partial charge on any atom is 0.152 e. The molecule has 0 saturated heterocycles. The van der Waals surface area contributed by atoms with E-state index in [0.717, 1.165) is 11.4 Å². The highest BCUT2D eigenvalue weighted by molar-refractivity contribution is 6.00. The Morgan fingerprint density at radius 3 is 3.00 bits per heavy atom. The fraction of sp³-hybridized carbons (Fsp3) is 0.250. The summed E-state index contributed by atoms with van der Waals surface area (Å²) in [5, 5.41) is 15.9. The van der Waals surface area contributed by atoms with Crippen LogP contribution in [0.4, 0.5) is 4.39 Å². The predicted molar refractivity (Wildman–Crippen MR) is 63.5 cm³/mol. The zero-order chi connectivity index (χ0) is 12.7. The van der Waals surface area contributed by atoms with Gasteiger partial charge in [-0.05, 0) is 17.7 Å². The Labute approximate surface area is 103 Å². The van der Waals surface area contributed by atoms with E-state index < -0.39 is 0 Å². The first-order valence-electron chi connectivity index (χ1n) is 5.60. The molecule has 6 heteroatoms. The average molecular weight is 245 g/mol. The molecule has 0 saturated carbocycles. The number of fused-ring (bicyclic) bond motifs is 1. The van der Waals surface area contributed by atoms with Crippen molar-refractivity contribution in [3.05, 3.63) is 47.3 Å². The number of hydrogen-bond acceptors (Lipinski definition) is 3. The lowest BCUT2D eigenvalue weighted by Gasteiger charge is -2.16. The Balaban J connectivity index is 1.87. The Bertz CT molecular complexity index is 619. The number of nitrogens with one attached hydrogen (secondary N) is 1. The van der Waals surface area contributed by atoms with Gasteiger partial charge in [-0.3, -0.25) is 5.41 Å². The van der Waals surface area contributed by atoms with E-state index in [-0.39, 0.29) is 5.82 Å². The number of benzene rings is 1. The number of aromatic nitrogens is 3. The molecule has 0 aliphatic carbocycles. The molecular weight excluding hydrogens is 233 g/mol. The minimum Gasteiger partial charge on any atom is -0.345 e. The summed E-state index contributed by atoms with van der Waals surface area (Å²) in [6.07, 6.45) is 1.63. The Kier molecular flexibility index (Phi) is 2.36. The maximum absolute atomic E-state index is 13.2. The van der Waals surface area contributed by atoms with E-state index in [0.29, 0.717) is 24.5 Å². The molecule has 0 bridgehead atoms. The fourth-order valence-corrected chi connectivity index (χ4v) is 2.12. The summed E-state index contributed by atoms with van der Waals surface area (Å²) in [6.45, 7) is 1.12. The lowest BCUT2D eigenvalue weighted by Crippen LogP contribution is -2.24. The van der Waals surface area contributed by atoms with Crippen LogP contribution in [-0.2, 0) is 20.1 Å². The van der Waals surface area contributed by atoms with E-state index in [1.165, 1.54) is 12.1 Å². The van der Waals surface area contributed by atoms with E-state index in [1.54, 1.807) is 12.4 Å². The number of halogens is 1. The highest BCUT2D eigenvalue weighted by Crippen LogP contribution is 2.24. The van der Waals surface area contributed by atoms with Crippen LogP contribution in [0.5, 0.6) is 0 Å². The summed E-state index contributed by atoms with van der Waals surface area (Å²) >= 11 is 0. The number of rotatable bonds is 2. The fourth-order valence-electron chi connectivity index (χ4n) is 2.12. The first kappa shape index (κ1) is 10.9. The molecule has 0 amide bonds. The SMILES string of the molecule is Cn1cnnc1CN1Cc2ccc(F)cc2C1=N. The summed E-state index contributed by atoms with van der Waals surface area (Å²) in [6, 6.07) is 4.57. The summed E-state index contributed by atoms with van der Waals surface area (Å²) in [4.78, 5) is 1.86. The van der Waals surface area contributed by atoms with Crippen LogP contribution in [0.3, 0.4) is 0 Å². The number of nitrogens with zero attached hydrogens (tertiary/aromatic N) is 4. The molecule has 1 aromatic heterocycles. The molecule has 0 fully saturated rings. The molecule has 1 N–H and O–H groups in total. The first-order chi connectivity index (χ1) is 8.65. The van der Waals surface area contributed by atoms with Crippen molar-refractivity contribution in [1.82, 2.24) is 19.7 Å². The topological polar surface area (TPSA) is 57.8 Å². The monoisotopic (exact) mass is 245 g/mol. The van der Waals surface area contributed by atoms with Crippen molar-refractivity contribution in [2.75, 3.05) is 0 Å². The van der Waals surface area contributed by atoms with Crippen LogP contribution in [0.2, 0.25) is 0 Å². The van der Waals surface area contributed by atoms with E-state index in [9.17, 15) is 4.39 Å². The molecule has 0 atom stereocenters. The second kappa shape index (κ2) is 3.90. The van der Waals surface area contributed by atoms with Gasteiger partial charge in [0.15, 0.2) is 5.82 Å². The first-order valence-corrected chi connectivity index (χ1v) is 5.60. The molecule has 0 spiro atoms. The van der Waals surface area contributed by atoms with Gasteiger partial charge in [0.25, 0.3) is 0 Å². The molecule has 5 nitrogen and oxygen atoms in total.